The summed E-state index contributed by atoms with van der Waals surface area (Å²) in [6, 6.07) is 14.0. The molecule has 0 saturated carbocycles. The molecule has 1 heterocycles. The predicted octanol–water partition coefficient (Wildman–Crippen LogP) is 2.94. The maximum Gasteiger partial charge on any atom is 0.254 e. The van der Waals surface area contributed by atoms with E-state index in [1.807, 2.05) is 30.3 Å². The number of fused-ring (bicyclic) bond motifs is 1. The molecular weight excluding hydrogens is 328 g/mol. The van der Waals surface area contributed by atoms with Gasteiger partial charge in [-0.2, -0.15) is 0 Å². The van der Waals surface area contributed by atoms with Gasteiger partial charge in [-0.3, -0.25) is 9.59 Å². The third-order valence-corrected chi connectivity index (χ3v) is 4.09. The molecule has 0 radical (unpaired) electrons. The Kier molecular flexibility index (Phi) is 4.71. The second-order valence-electron chi connectivity index (χ2n) is 5.46. The summed E-state index contributed by atoms with van der Waals surface area (Å²) in [5.41, 5.74) is 1.35. The van der Waals surface area contributed by atoms with E-state index in [-0.39, 0.29) is 11.8 Å². The number of carbonyl (C=O) groups excluding carboxylic acids is 2. The number of nitrogens with one attached hydrogen (secondary N) is 1. The Morgan fingerprint density at radius 2 is 1.96 bits per heavy atom. The molecule has 124 valence electrons. The van der Waals surface area contributed by atoms with Crippen molar-refractivity contribution in [2.75, 3.05) is 18.1 Å². The molecule has 0 spiro atoms. The number of nitrogens with zero attached hydrogens (tertiary/aromatic N) is 1. The largest absolute Gasteiger partial charge is 0.492 e. The van der Waals surface area contributed by atoms with E-state index in [0.717, 1.165) is 5.75 Å². The number of halogens is 1. The summed E-state index contributed by atoms with van der Waals surface area (Å²) in [4.78, 5) is 25.7. The van der Waals surface area contributed by atoms with Gasteiger partial charge in [-0.15, -0.1) is 0 Å². The fraction of sp³-hybridized carbons (Fsp3) is 0.222. The van der Waals surface area contributed by atoms with Crippen LogP contribution >= 0.6 is 11.6 Å². The van der Waals surface area contributed by atoms with E-state index in [2.05, 4.69) is 5.32 Å². The van der Waals surface area contributed by atoms with Crippen LogP contribution in [0.4, 0.5) is 5.69 Å². The molecule has 2 aromatic rings. The van der Waals surface area contributed by atoms with Crippen LogP contribution in [0.5, 0.6) is 5.75 Å². The van der Waals surface area contributed by atoms with E-state index in [0.29, 0.717) is 29.4 Å². The molecule has 2 aromatic carbocycles. The smallest absolute Gasteiger partial charge is 0.254 e. The van der Waals surface area contributed by atoms with Crippen LogP contribution in [0.15, 0.2) is 48.5 Å². The van der Waals surface area contributed by atoms with Crippen LogP contribution in [0.3, 0.4) is 0 Å². The molecule has 3 rings (SSSR count). The van der Waals surface area contributed by atoms with Gasteiger partial charge in [0.1, 0.15) is 18.4 Å². The normalized spacial score (nSPS) is 16.0. The lowest BCUT2D eigenvalue weighted by Crippen LogP contribution is -2.38. The molecule has 1 N–H and O–H groups in total. The van der Waals surface area contributed by atoms with Crippen LogP contribution in [0.25, 0.3) is 0 Å². The lowest BCUT2D eigenvalue weighted by molar-refractivity contribution is -0.126. The molecule has 5 nitrogen and oxygen atoms in total. The molecule has 6 heteroatoms. The van der Waals surface area contributed by atoms with Crippen LogP contribution in [-0.2, 0) is 9.59 Å². The lowest BCUT2D eigenvalue weighted by Gasteiger charge is -2.19. The molecule has 0 bridgehead atoms. The molecule has 1 aliphatic rings. The van der Waals surface area contributed by atoms with Crippen molar-refractivity contribution in [2.24, 2.45) is 0 Å². The summed E-state index contributed by atoms with van der Waals surface area (Å²) in [5, 5.41) is 3.16. The van der Waals surface area contributed by atoms with Crippen LogP contribution in [0.1, 0.15) is 18.5 Å². The fourth-order valence-corrected chi connectivity index (χ4v) is 3.07. The second-order valence-corrected chi connectivity index (χ2v) is 5.87. The Morgan fingerprint density at radius 1 is 1.21 bits per heavy atom. The highest BCUT2D eigenvalue weighted by molar-refractivity contribution is 6.34. The number of para-hydroxylation sites is 2. The van der Waals surface area contributed by atoms with Gasteiger partial charge < -0.3 is 15.0 Å². The molecule has 2 amide bonds. The van der Waals surface area contributed by atoms with E-state index >= 15 is 0 Å². The van der Waals surface area contributed by atoms with Crippen molar-refractivity contribution in [2.45, 2.75) is 13.0 Å². The summed E-state index contributed by atoms with van der Waals surface area (Å²) in [5.74, 6) is 0.272. The highest BCUT2D eigenvalue weighted by Crippen LogP contribution is 2.40. The molecule has 0 aliphatic carbocycles. The first-order valence-corrected chi connectivity index (χ1v) is 8.00. The molecule has 0 saturated heterocycles. The standard InChI is InChI=1S/C18H17ClN2O3/c1-12(22)20-16-14-8-5-9-15(19)17(14)21(18(16)23)10-11-24-13-6-3-2-4-7-13/h2-9,16H,10-11H2,1H3,(H,20,22). The molecular formula is C18H17ClN2O3. The number of hydrogen-bond acceptors (Lipinski definition) is 3. The summed E-state index contributed by atoms with van der Waals surface area (Å²) in [6.45, 7) is 2.06. The summed E-state index contributed by atoms with van der Waals surface area (Å²) in [7, 11) is 0. The van der Waals surface area contributed by atoms with Crippen molar-refractivity contribution < 1.29 is 14.3 Å². The first kappa shape index (κ1) is 16.3. The Labute approximate surface area is 145 Å². The number of amides is 2. The Balaban J connectivity index is 1.78. The van der Waals surface area contributed by atoms with Crippen molar-refractivity contribution in [1.29, 1.82) is 0 Å². The van der Waals surface area contributed by atoms with Crippen LogP contribution < -0.4 is 15.0 Å². The highest BCUT2D eigenvalue weighted by atomic mass is 35.5. The van der Waals surface area contributed by atoms with Crippen molar-refractivity contribution in [3.8, 4) is 5.75 Å². The van der Waals surface area contributed by atoms with Gasteiger partial charge in [-0.25, -0.2) is 0 Å². The van der Waals surface area contributed by atoms with Gasteiger partial charge in [0.25, 0.3) is 5.91 Å². The minimum absolute atomic E-state index is 0.204. The molecule has 0 aromatic heterocycles. The Hall–Kier alpha value is -2.53. The quantitative estimate of drug-likeness (QED) is 0.907. The zero-order valence-electron chi connectivity index (χ0n) is 13.2. The number of benzene rings is 2. The highest BCUT2D eigenvalue weighted by Gasteiger charge is 2.38. The summed E-state index contributed by atoms with van der Waals surface area (Å²) < 4.78 is 5.66. The maximum absolute atomic E-state index is 12.7. The van der Waals surface area contributed by atoms with E-state index < -0.39 is 6.04 Å². The Morgan fingerprint density at radius 3 is 2.67 bits per heavy atom. The molecule has 1 aliphatic heterocycles. The van der Waals surface area contributed by atoms with E-state index in [9.17, 15) is 9.59 Å². The van der Waals surface area contributed by atoms with E-state index in [4.69, 9.17) is 16.3 Å². The third kappa shape index (κ3) is 3.21. The number of anilines is 1. The van der Waals surface area contributed by atoms with Gasteiger partial charge in [-0.1, -0.05) is 41.9 Å². The van der Waals surface area contributed by atoms with E-state index in [1.165, 1.54) is 6.92 Å². The number of rotatable bonds is 5. The van der Waals surface area contributed by atoms with Gasteiger partial charge in [0.05, 0.1) is 17.3 Å². The van der Waals surface area contributed by atoms with Crippen molar-refractivity contribution in [3.05, 3.63) is 59.1 Å². The first-order chi connectivity index (χ1) is 11.6. The second kappa shape index (κ2) is 6.93. The molecule has 24 heavy (non-hydrogen) atoms. The Bertz CT molecular complexity index is 764. The predicted molar refractivity (Wildman–Crippen MR) is 92.3 cm³/mol. The number of ether oxygens (including phenoxy) is 1. The van der Waals surface area contributed by atoms with Gasteiger partial charge in [-0.05, 0) is 18.2 Å². The fourth-order valence-electron chi connectivity index (χ4n) is 2.79. The monoisotopic (exact) mass is 344 g/mol. The first-order valence-electron chi connectivity index (χ1n) is 7.62. The van der Waals surface area contributed by atoms with Gasteiger partial charge in [0.2, 0.25) is 5.91 Å². The summed E-state index contributed by atoms with van der Waals surface area (Å²) in [6.07, 6.45) is 0. The topological polar surface area (TPSA) is 58.6 Å². The zero-order chi connectivity index (χ0) is 17.1. The zero-order valence-corrected chi connectivity index (χ0v) is 13.9. The van der Waals surface area contributed by atoms with Crippen LogP contribution in [0.2, 0.25) is 5.02 Å². The third-order valence-electron chi connectivity index (χ3n) is 3.79. The number of hydrogen-bond donors (Lipinski definition) is 1. The molecule has 1 unspecified atom stereocenters. The van der Waals surface area contributed by atoms with Crippen molar-refractivity contribution in [1.82, 2.24) is 5.32 Å². The van der Waals surface area contributed by atoms with Gasteiger partial charge in [0.15, 0.2) is 0 Å². The van der Waals surface area contributed by atoms with Gasteiger partial charge in [0, 0.05) is 12.5 Å². The minimum atomic E-state index is -0.701. The average Bonchev–Trinajstić information content (AvgIpc) is 2.82. The van der Waals surface area contributed by atoms with Crippen LogP contribution in [0, 0.1) is 0 Å². The van der Waals surface area contributed by atoms with Crippen molar-refractivity contribution in [3.63, 3.8) is 0 Å². The van der Waals surface area contributed by atoms with Gasteiger partial charge >= 0.3 is 0 Å². The molecule has 0 fully saturated rings. The molecule has 1 atom stereocenters. The minimum Gasteiger partial charge on any atom is -0.492 e. The van der Waals surface area contributed by atoms with Crippen LogP contribution in [-0.4, -0.2) is 25.0 Å². The number of carbonyl (C=O) groups is 2. The SMILES string of the molecule is CC(=O)NC1C(=O)N(CCOc2ccccc2)c2c(Cl)cccc21. The maximum atomic E-state index is 12.7. The lowest BCUT2D eigenvalue weighted by atomic mass is 10.1. The summed E-state index contributed by atoms with van der Waals surface area (Å²) >= 11 is 6.28. The van der Waals surface area contributed by atoms with Crippen molar-refractivity contribution >= 4 is 29.1 Å². The average molecular weight is 345 g/mol. The van der Waals surface area contributed by atoms with E-state index in [1.54, 1.807) is 23.1 Å².